The fraction of sp³-hybridized carbons (Fsp3) is 0.524. The van der Waals surface area contributed by atoms with E-state index in [0.717, 1.165) is 60.2 Å². The van der Waals surface area contributed by atoms with Crippen molar-refractivity contribution in [3.05, 3.63) is 28.9 Å². The first-order chi connectivity index (χ1) is 14.1. The van der Waals surface area contributed by atoms with Gasteiger partial charge in [0.2, 0.25) is 5.91 Å². The van der Waals surface area contributed by atoms with Crippen molar-refractivity contribution in [1.29, 1.82) is 0 Å². The number of benzene rings is 1. The number of carbonyl (C=O) groups is 1. The lowest BCUT2D eigenvalue weighted by Crippen LogP contribution is -2.40. The van der Waals surface area contributed by atoms with Crippen LogP contribution in [0, 0.1) is 11.7 Å². The Balaban J connectivity index is 1.35. The molecule has 0 unspecified atom stereocenters. The number of piperidine rings is 1. The van der Waals surface area contributed by atoms with Crippen LogP contribution in [0.4, 0.5) is 9.52 Å². The molecule has 0 aliphatic carbocycles. The van der Waals surface area contributed by atoms with Crippen LogP contribution >= 0.6 is 11.3 Å². The molecule has 4 rings (SSSR count). The van der Waals surface area contributed by atoms with Crippen LogP contribution in [0.25, 0.3) is 11.3 Å². The average molecular weight is 420 g/mol. The van der Waals surface area contributed by atoms with Gasteiger partial charge in [-0.05, 0) is 37.0 Å². The van der Waals surface area contributed by atoms with Crippen LogP contribution in [-0.4, -0.2) is 55.7 Å². The summed E-state index contributed by atoms with van der Waals surface area (Å²) in [5.41, 5.74) is 1.55. The zero-order valence-corrected chi connectivity index (χ0v) is 17.4. The van der Waals surface area contributed by atoms with Crippen molar-refractivity contribution in [2.45, 2.75) is 25.7 Å². The van der Waals surface area contributed by atoms with Gasteiger partial charge >= 0.3 is 0 Å². The van der Waals surface area contributed by atoms with Gasteiger partial charge in [0.15, 0.2) is 5.13 Å². The summed E-state index contributed by atoms with van der Waals surface area (Å²) in [5, 5.41) is 4.33. The van der Waals surface area contributed by atoms with Gasteiger partial charge in [0, 0.05) is 43.6 Å². The van der Waals surface area contributed by atoms with Gasteiger partial charge < -0.3 is 19.7 Å². The number of halogens is 1. The first-order valence-corrected chi connectivity index (χ1v) is 10.9. The second-order valence-corrected chi connectivity index (χ2v) is 8.56. The third-order valence-electron chi connectivity index (χ3n) is 5.51. The maximum atomic E-state index is 13.7. The summed E-state index contributed by atoms with van der Waals surface area (Å²) in [7, 11) is 1.62. The van der Waals surface area contributed by atoms with Crippen LogP contribution in [-0.2, 0) is 16.0 Å². The Labute approximate surface area is 174 Å². The Morgan fingerprint density at radius 3 is 3.03 bits per heavy atom. The minimum atomic E-state index is -0.283. The predicted molar refractivity (Wildman–Crippen MR) is 111 cm³/mol. The summed E-state index contributed by atoms with van der Waals surface area (Å²) in [4.78, 5) is 19.9. The van der Waals surface area contributed by atoms with Crippen LogP contribution in [0.1, 0.15) is 24.1 Å². The van der Waals surface area contributed by atoms with Crippen LogP contribution < -0.4 is 10.1 Å². The Morgan fingerprint density at radius 2 is 2.24 bits per heavy atom. The largest absolute Gasteiger partial charge is 0.493 e. The highest BCUT2D eigenvalue weighted by Gasteiger charge is 2.24. The number of amides is 1. The minimum absolute atomic E-state index is 0.176. The van der Waals surface area contributed by atoms with Gasteiger partial charge in [-0.25, -0.2) is 9.37 Å². The van der Waals surface area contributed by atoms with E-state index in [1.54, 1.807) is 24.5 Å². The molecule has 156 valence electrons. The molecule has 0 spiro atoms. The van der Waals surface area contributed by atoms with Gasteiger partial charge in [-0.2, -0.15) is 0 Å². The SMILES string of the molecule is COCCC(=O)N1CCC(CNc2nc3c(s2)CCOc2ccc(F)cc2-3)CC1. The van der Waals surface area contributed by atoms with Crippen molar-refractivity contribution in [3.8, 4) is 17.0 Å². The zero-order chi connectivity index (χ0) is 20.2. The molecule has 1 fully saturated rings. The number of thiazole rings is 1. The van der Waals surface area contributed by atoms with Gasteiger partial charge in [0.25, 0.3) is 0 Å². The zero-order valence-electron chi connectivity index (χ0n) is 16.6. The molecule has 0 atom stereocenters. The molecule has 0 saturated carbocycles. The monoisotopic (exact) mass is 419 g/mol. The van der Waals surface area contributed by atoms with Crippen molar-refractivity contribution in [1.82, 2.24) is 9.88 Å². The summed E-state index contributed by atoms with van der Waals surface area (Å²) < 4.78 is 24.5. The van der Waals surface area contributed by atoms with E-state index in [4.69, 9.17) is 14.5 Å². The van der Waals surface area contributed by atoms with E-state index in [-0.39, 0.29) is 11.7 Å². The molecular weight excluding hydrogens is 393 g/mol. The number of methoxy groups -OCH3 is 1. The molecule has 1 saturated heterocycles. The fourth-order valence-electron chi connectivity index (χ4n) is 3.84. The smallest absolute Gasteiger partial charge is 0.224 e. The van der Waals surface area contributed by atoms with E-state index in [9.17, 15) is 9.18 Å². The molecule has 2 aliphatic heterocycles. The van der Waals surface area contributed by atoms with E-state index >= 15 is 0 Å². The summed E-state index contributed by atoms with van der Waals surface area (Å²) in [6.45, 7) is 3.48. The Bertz CT molecular complexity index is 865. The number of nitrogens with zero attached hydrogens (tertiary/aromatic N) is 2. The Morgan fingerprint density at radius 1 is 1.41 bits per heavy atom. The van der Waals surface area contributed by atoms with E-state index in [2.05, 4.69) is 5.32 Å². The molecule has 1 aromatic heterocycles. The van der Waals surface area contributed by atoms with Crippen molar-refractivity contribution < 1.29 is 18.7 Å². The van der Waals surface area contributed by atoms with Crippen LogP contribution in [0.5, 0.6) is 5.75 Å². The van der Waals surface area contributed by atoms with E-state index < -0.39 is 0 Å². The topological polar surface area (TPSA) is 63.7 Å². The van der Waals surface area contributed by atoms with E-state index in [1.165, 1.54) is 12.1 Å². The molecule has 3 heterocycles. The fourth-order valence-corrected chi connectivity index (χ4v) is 4.80. The molecule has 2 aromatic rings. The first-order valence-electron chi connectivity index (χ1n) is 10.1. The lowest BCUT2D eigenvalue weighted by molar-refractivity contribution is -0.133. The summed E-state index contributed by atoms with van der Waals surface area (Å²) in [6, 6.07) is 4.59. The van der Waals surface area contributed by atoms with Gasteiger partial charge in [-0.1, -0.05) is 0 Å². The number of rotatable bonds is 6. The standard InChI is InChI=1S/C21H26FN3O3S/c1-27-10-7-19(26)25-8-4-14(5-9-25)13-23-21-24-20-16-12-15(22)2-3-17(16)28-11-6-18(20)29-21/h2-3,12,14H,4-11,13H2,1H3,(H,23,24). The van der Waals surface area contributed by atoms with Crippen molar-refractivity contribution in [2.24, 2.45) is 5.92 Å². The predicted octanol–water partition coefficient (Wildman–Crippen LogP) is 3.57. The number of hydrogen-bond acceptors (Lipinski definition) is 6. The molecule has 8 heteroatoms. The number of likely N-dealkylation sites (tertiary alicyclic amines) is 1. The quantitative estimate of drug-likeness (QED) is 0.776. The van der Waals surface area contributed by atoms with Gasteiger partial charge in [-0.15, -0.1) is 11.3 Å². The highest BCUT2D eigenvalue weighted by Crippen LogP contribution is 2.39. The van der Waals surface area contributed by atoms with E-state index in [1.807, 2.05) is 4.90 Å². The summed E-state index contributed by atoms with van der Waals surface area (Å²) in [6.07, 6.45) is 3.19. The molecule has 2 aliphatic rings. The lowest BCUT2D eigenvalue weighted by atomic mass is 9.96. The molecule has 0 radical (unpaired) electrons. The summed E-state index contributed by atoms with van der Waals surface area (Å²) in [5.74, 6) is 1.09. The average Bonchev–Trinajstić information content (AvgIpc) is 3.07. The maximum absolute atomic E-state index is 13.7. The number of hydrogen-bond donors (Lipinski definition) is 1. The number of ether oxygens (including phenoxy) is 2. The highest BCUT2D eigenvalue weighted by molar-refractivity contribution is 7.16. The molecule has 1 amide bonds. The second kappa shape index (κ2) is 9.09. The van der Waals surface area contributed by atoms with Crippen LogP contribution in [0.15, 0.2) is 18.2 Å². The number of fused-ring (bicyclic) bond motifs is 3. The normalized spacial score (nSPS) is 16.6. The second-order valence-electron chi connectivity index (χ2n) is 7.48. The highest BCUT2D eigenvalue weighted by atomic mass is 32.1. The van der Waals surface area contributed by atoms with Crippen LogP contribution in [0.3, 0.4) is 0 Å². The molecule has 29 heavy (non-hydrogen) atoms. The van der Waals surface area contributed by atoms with Gasteiger partial charge in [0.1, 0.15) is 11.6 Å². The minimum Gasteiger partial charge on any atom is -0.493 e. The molecule has 0 bridgehead atoms. The molecular formula is C21H26FN3O3S. The van der Waals surface area contributed by atoms with E-state index in [0.29, 0.717) is 31.3 Å². The van der Waals surface area contributed by atoms with Gasteiger partial charge in [-0.3, -0.25) is 4.79 Å². The Kier molecular flexibility index (Phi) is 6.30. The van der Waals surface area contributed by atoms with Crippen molar-refractivity contribution in [3.63, 3.8) is 0 Å². The van der Waals surface area contributed by atoms with Crippen molar-refractivity contribution >= 4 is 22.4 Å². The molecule has 1 N–H and O–H groups in total. The van der Waals surface area contributed by atoms with Crippen molar-refractivity contribution in [2.75, 3.05) is 45.3 Å². The molecule has 6 nitrogen and oxygen atoms in total. The first kappa shape index (κ1) is 20.1. The third-order valence-corrected chi connectivity index (χ3v) is 6.58. The number of anilines is 1. The number of nitrogens with one attached hydrogen (secondary N) is 1. The van der Waals surface area contributed by atoms with Crippen LogP contribution in [0.2, 0.25) is 0 Å². The third kappa shape index (κ3) is 4.70. The Hall–Kier alpha value is -2.19. The van der Waals surface area contributed by atoms with Gasteiger partial charge in [0.05, 0.1) is 25.3 Å². The number of aromatic nitrogens is 1. The lowest BCUT2D eigenvalue weighted by Gasteiger charge is -2.32. The maximum Gasteiger partial charge on any atom is 0.224 e. The number of carbonyl (C=O) groups excluding carboxylic acids is 1. The molecule has 1 aromatic carbocycles. The summed E-state index contributed by atoms with van der Waals surface area (Å²) >= 11 is 1.62.